The van der Waals surface area contributed by atoms with Gasteiger partial charge in [-0.3, -0.25) is 4.68 Å². The molecule has 0 saturated heterocycles. The van der Waals surface area contributed by atoms with Gasteiger partial charge in [0.15, 0.2) is 0 Å². The molecular formula is C16H21BrN2O2. The Balaban J connectivity index is 2.00. The van der Waals surface area contributed by atoms with Crippen LogP contribution in [0, 0.1) is 0 Å². The van der Waals surface area contributed by atoms with Crippen molar-refractivity contribution in [2.75, 3.05) is 0 Å². The molecule has 0 unspecified atom stereocenters. The molecule has 0 radical (unpaired) electrons. The van der Waals surface area contributed by atoms with Crippen molar-refractivity contribution in [3.05, 3.63) is 46.2 Å². The van der Waals surface area contributed by atoms with Crippen LogP contribution < -0.4 is 4.74 Å². The number of nitrogens with zero attached hydrogens (tertiary/aromatic N) is 2. The van der Waals surface area contributed by atoms with Crippen molar-refractivity contribution in [2.45, 2.75) is 45.9 Å². The Hall–Kier alpha value is -1.33. The third-order valence-corrected chi connectivity index (χ3v) is 4.33. The Morgan fingerprint density at radius 2 is 2.05 bits per heavy atom. The van der Waals surface area contributed by atoms with Crippen LogP contribution in [0.5, 0.6) is 5.75 Å². The van der Waals surface area contributed by atoms with Crippen molar-refractivity contribution in [3.8, 4) is 5.75 Å². The van der Waals surface area contributed by atoms with Gasteiger partial charge in [-0.1, -0.05) is 29.8 Å². The van der Waals surface area contributed by atoms with E-state index in [1.165, 1.54) is 0 Å². The summed E-state index contributed by atoms with van der Waals surface area (Å²) >= 11 is 3.39. The highest BCUT2D eigenvalue weighted by molar-refractivity contribution is 9.10. The molecule has 0 saturated carbocycles. The number of rotatable bonds is 7. The van der Waals surface area contributed by atoms with Crippen LogP contribution in [0.2, 0.25) is 0 Å². The summed E-state index contributed by atoms with van der Waals surface area (Å²) < 4.78 is 8.64. The summed E-state index contributed by atoms with van der Waals surface area (Å²) in [4.78, 5) is 0. The van der Waals surface area contributed by atoms with Gasteiger partial charge in [0.05, 0.1) is 18.3 Å². The van der Waals surface area contributed by atoms with Gasteiger partial charge in [0, 0.05) is 10.7 Å². The van der Waals surface area contributed by atoms with Gasteiger partial charge < -0.3 is 9.84 Å². The van der Waals surface area contributed by atoms with Crippen molar-refractivity contribution >= 4 is 15.9 Å². The zero-order valence-corrected chi connectivity index (χ0v) is 14.0. The monoisotopic (exact) mass is 352 g/mol. The molecule has 0 aliphatic carbocycles. The lowest BCUT2D eigenvalue weighted by Gasteiger charge is -2.12. The number of hydrogen-bond donors (Lipinski definition) is 1. The van der Waals surface area contributed by atoms with Crippen LogP contribution in [0.15, 0.2) is 34.9 Å². The van der Waals surface area contributed by atoms with E-state index in [1.807, 2.05) is 35.1 Å². The third-order valence-electron chi connectivity index (χ3n) is 3.55. The maximum atomic E-state index is 9.25. The van der Waals surface area contributed by atoms with E-state index in [1.54, 1.807) is 0 Å². The first-order valence-corrected chi connectivity index (χ1v) is 8.03. The maximum absolute atomic E-state index is 9.25. The van der Waals surface area contributed by atoms with Crippen molar-refractivity contribution in [1.82, 2.24) is 9.78 Å². The summed E-state index contributed by atoms with van der Waals surface area (Å²) in [6.45, 7) is 4.76. The van der Waals surface area contributed by atoms with Gasteiger partial charge in [0.2, 0.25) is 0 Å². The van der Waals surface area contributed by atoms with Crippen molar-refractivity contribution in [2.24, 2.45) is 0 Å². The zero-order chi connectivity index (χ0) is 15.2. The SMILES string of the molecule is CCC(CC)n1ccc(COc2ccc(Br)c(CO)c2)n1. The quantitative estimate of drug-likeness (QED) is 0.816. The second-order valence-corrected chi connectivity index (χ2v) is 5.81. The second-order valence-electron chi connectivity index (χ2n) is 4.96. The minimum atomic E-state index is -0.0128. The molecule has 1 N–H and O–H groups in total. The Morgan fingerprint density at radius 3 is 2.71 bits per heavy atom. The lowest BCUT2D eigenvalue weighted by atomic mass is 10.2. The topological polar surface area (TPSA) is 47.3 Å². The lowest BCUT2D eigenvalue weighted by molar-refractivity contribution is 0.276. The van der Waals surface area contributed by atoms with Gasteiger partial charge in [-0.2, -0.15) is 5.10 Å². The van der Waals surface area contributed by atoms with Gasteiger partial charge in [0.1, 0.15) is 12.4 Å². The second kappa shape index (κ2) is 7.61. The number of benzene rings is 1. The number of aromatic nitrogens is 2. The van der Waals surface area contributed by atoms with E-state index in [2.05, 4.69) is 34.9 Å². The number of halogens is 1. The van der Waals surface area contributed by atoms with E-state index >= 15 is 0 Å². The van der Waals surface area contributed by atoms with Gasteiger partial charge >= 0.3 is 0 Å². The van der Waals surface area contributed by atoms with Crippen LogP contribution in [0.25, 0.3) is 0 Å². The normalized spacial score (nSPS) is 11.1. The molecule has 2 rings (SSSR count). The zero-order valence-electron chi connectivity index (χ0n) is 12.4. The van der Waals surface area contributed by atoms with E-state index in [9.17, 15) is 5.11 Å². The van der Waals surface area contributed by atoms with Crippen LogP contribution in [-0.2, 0) is 13.2 Å². The van der Waals surface area contributed by atoms with Gasteiger partial charge in [0.25, 0.3) is 0 Å². The van der Waals surface area contributed by atoms with Crippen LogP contribution in [-0.4, -0.2) is 14.9 Å². The molecular weight excluding hydrogens is 332 g/mol. The minimum absolute atomic E-state index is 0.0128. The van der Waals surface area contributed by atoms with Crippen LogP contribution in [0.3, 0.4) is 0 Å². The lowest BCUT2D eigenvalue weighted by Crippen LogP contribution is -2.08. The van der Waals surface area contributed by atoms with Gasteiger partial charge in [-0.05, 0) is 42.7 Å². The summed E-state index contributed by atoms with van der Waals surface area (Å²) in [6.07, 6.45) is 4.16. The van der Waals surface area contributed by atoms with Gasteiger partial charge in [-0.15, -0.1) is 0 Å². The number of aliphatic hydroxyl groups is 1. The first-order chi connectivity index (χ1) is 10.2. The summed E-state index contributed by atoms with van der Waals surface area (Å²) in [5.41, 5.74) is 1.73. The Labute approximate surface area is 133 Å². The third kappa shape index (κ3) is 4.08. The highest BCUT2D eigenvalue weighted by Gasteiger charge is 2.08. The van der Waals surface area contributed by atoms with Crippen molar-refractivity contribution in [1.29, 1.82) is 0 Å². The molecule has 0 spiro atoms. The summed E-state index contributed by atoms with van der Waals surface area (Å²) in [6, 6.07) is 8.03. The molecule has 0 bridgehead atoms. The maximum Gasteiger partial charge on any atom is 0.132 e. The standard InChI is InChI=1S/C16H21BrN2O2/c1-3-14(4-2)19-8-7-13(18-19)11-21-15-5-6-16(17)12(9-15)10-20/h5-9,14,20H,3-4,10-11H2,1-2H3. The number of aliphatic hydroxyl groups excluding tert-OH is 1. The van der Waals surface area contributed by atoms with Crippen molar-refractivity contribution in [3.63, 3.8) is 0 Å². The van der Waals surface area contributed by atoms with Gasteiger partial charge in [-0.25, -0.2) is 0 Å². The van der Waals surface area contributed by atoms with E-state index in [0.29, 0.717) is 12.6 Å². The average molecular weight is 353 g/mol. The summed E-state index contributed by atoms with van der Waals surface area (Å²) in [5.74, 6) is 0.735. The fourth-order valence-corrected chi connectivity index (χ4v) is 2.61. The van der Waals surface area contributed by atoms with E-state index in [4.69, 9.17) is 4.74 Å². The first kappa shape index (κ1) is 16.0. The Kier molecular flexibility index (Phi) is 5.82. The fourth-order valence-electron chi connectivity index (χ4n) is 2.24. The predicted molar refractivity (Wildman–Crippen MR) is 86.2 cm³/mol. The highest BCUT2D eigenvalue weighted by Crippen LogP contribution is 2.23. The molecule has 2 aromatic rings. The average Bonchev–Trinajstić information content (AvgIpc) is 2.96. The van der Waals surface area contributed by atoms with Crippen LogP contribution in [0.4, 0.5) is 0 Å². The highest BCUT2D eigenvalue weighted by atomic mass is 79.9. The molecule has 21 heavy (non-hydrogen) atoms. The number of hydrogen-bond acceptors (Lipinski definition) is 3. The predicted octanol–water partition coefficient (Wildman–Crippen LogP) is 4.08. The van der Waals surface area contributed by atoms with Crippen LogP contribution >= 0.6 is 15.9 Å². The summed E-state index contributed by atoms with van der Waals surface area (Å²) in [7, 11) is 0. The minimum Gasteiger partial charge on any atom is -0.487 e. The molecule has 0 atom stereocenters. The van der Waals surface area contributed by atoms with Crippen molar-refractivity contribution < 1.29 is 9.84 Å². The molecule has 4 nitrogen and oxygen atoms in total. The molecule has 1 heterocycles. The first-order valence-electron chi connectivity index (χ1n) is 7.24. The molecule has 0 amide bonds. The van der Waals surface area contributed by atoms with E-state index < -0.39 is 0 Å². The van der Waals surface area contributed by atoms with Crippen LogP contribution in [0.1, 0.15) is 44.0 Å². The Bertz CT molecular complexity index is 579. The number of ether oxygens (including phenoxy) is 1. The molecule has 5 heteroatoms. The van der Waals surface area contributed by atoms with E-state index in [-0.39, 0.29) is 6.61 Å². The molecule has 1 aromatic carbocycles. The Morgan fingerprint density at radius 1 is 1.29 bits per heavy atom. The summed E-state index contributed by atoms with van der Waals surface area (Å²) in [5, 5.41) is 13.8. The molecule has 0 aliphatic rings. The smallest absolute Gasteiger partial charge is 0.132 e. The molecule has 1 aromatic heterocycles. The van der Waals surface area contributed by atoms with E-state index in [0.717, 1.165) is 34.3 Å². The molecule has 114 valence electrons. The largest absolute Gasteiger partial charge is 0.487 e. The molecule has 0 fully saturated rings. The molecule has 0 aliphatic heterocycles. The fraction of sp³-hybridized carbons (Fsp3) is 0.438.